The van der Waals surface area contributed by atoms with Crippen LogP contribution in [0.3, 0.4) is 0 Å². The standard InChI is InChI=1S/C6HBr3ClF/c7-2-1-3(10)6(11)5(9)4(2)8/h1H. The monoisotopic (exact) mass is 364 g/mol. The van der Waals surface area contributed by atoms with Gasteiger partial charge in [0, 0.05) is 8.95 Å². The predicted molar refractivity (Wildman–Crippen MR) is 54.5 cm³/mol. The van der Waals surface area contributed by atoms with Crippen LogP contribution in [0.15, 0.2) is 19.5 Å². The number of halogens is 5. The van der Waals surface area contributed by atoms with Crippen LogP contribution in [0.1, 0.15) is 0 Å². The third kappa shape index (κ3) is 1.97. The average Bonchev–Trinajstić information content (AvgIpc) is 1.97. The molecule has 11 heavy (non-hydrogen) atoms. The van der Waals surface area contributed by atoms with E-state index >= 15 is 0 Å². The summed E-state index contributed by atoms with van der Waals surface area (Å²) < 4.78 is 14.6. The predicted octanol–water partition coefficient (Wildman–Crippen LogP) is 4.77. The van der Waals surface area contributed by atoms with Crippen molar-refractivity contribution in [2.45, 2.75) is 0 Å². The zero-order valence-corrected chi connectivity index (χ0v) is 10.5. The van der Waals surface area contributed by atoms with E-state index < -0.39 is 5.82 Å². The number of hydrogen-bond acceptors (Lipinski definition) is 0. The molecule has 0 radical (unpaired) electrons. The van der Waals surface area contributed by atoms with Crippen molar-refractivity contribution in [2.24, 2.45) is 0 Å². The van der Waals surface area contributed by atoms with E-state index in [0.29, 0.717) is 8.95 Å². The van der Waals surface area contributed by atoms with Crippen LogP contribution in [0.5, 0.6) is 0 Å². The minimum atomic E-state index is -0.457. The maximum Gasteiger partial charge on any atom is 0.157 e. The molecule has 0 aliphatic heterocycles. The first-order chi connectivity index (χ1) is 5.04. The van der Waals surface area contributed by atoms with E-state index in [9.17, 15) is 4.39 Å². The summed E-state index contributed by atoms with van der Waals surface area (Å²) in [5.41, 5.74) is 0. The Kier molecular flexibility index (Phi) is 3.38. The summed E-state index contributed by atoms with van der Waals surface area (Å²) in [6.07, 6.45) is 0. The molecular formula is C6HBr3ClF. The fraction of sp³-hybridized carbons (Fsp3) is 0. The van der Waals surface area contributed by atoms with Crippen LogP contribution in [0.4, 0.5) is 4.39 Å². The first-order valence-electron chi connectivity index (χ1n) is 2.52. The van der Waals surface area contributed by atoms with E-state index in [-0.39, 0.29) is 5.02 Å². The number of rotatable bonds is 0. The lowest BCUT2D eigenvalue weighted by molar-refractivity contribution is 0.620. The van der Waals surface area contributed by atoms with Crippen LogP contribution in [0.2, 0.25) is 5.02 Å². The highest BCUT2D eigenvalue weighted by atomic mass is 79.9. The van der Waals surface area contributed by atoms with Crippen molar-refractivity contribution in [1.29, 1.82) is 0 Å². The molecule has 0 amide bonds. The zero-order chi connectivity index (χ0) is 8.59. The lowest BCUT2D eigenvalue weighted by Gasteiger charge is -2.02. The topological polar surface area (TPSA) is 0 Å². The van der Waals surface area contributed by atoms with Crippen molar-refractivity contribution in [3.05, 3.63) is 30.3 Å². The van der Waals surface area contributed by atoms with Crippen molar-refractivity contribution >= 4 is 59.4 Å². The average molecular weight is 367 g/mol. The summed E-state index contributed by atoms with van der Waals surface area (Å²) in [5.74, 6) is -0.457. The molecule has 0 saturated carbocycles. The SMILES string of the molecule is Fc1c(Cl)cc(Br)c(Br)c1Br. The van der Waals surface area contributed by atoms with Gasteiger partial charge in [0.2, 0.25) is 0 Å². The number of hydrogen-bond donors (Lipinski definition) is 0. The van der Waals surface area contributed by atoms with Gasteiger partial charge in [-0.05, 0) is 53.9 Å². The molecule has 0 saturated heterocycles. The molecule has 0 aliphatic carbocycles. The van der Waals surface area contributed by atoms with Gasteiger partial charge < -0.3 is 0 Å². The van der Waals surface area contributed by atoms with Crippen LogP contribution >= 0.6 is 59.4 Å². The molecule has 1 aromatic carbocycles. The lowest BCUT2D eigenvalue weighted by atomic mass is 10.3. The summed E-state index contributed by atoms with van der Waals surface area (Å²) in [5, 5.41) is 0.0898. The quantitative estimate of drug-likeness (QED) is 0.458. The van der Waals surface area contributed by atoms with Crippen LogP contribution in [-0.4, -0.2) is 0 Å². The zero-order valence-electron chi connectivity index (χ0n) is 4.97. The highest BCUT2D eigenvalue weighted by molar-refractivity contribution is 9.14. The van der Waals surface area contributed by atoms with Gasteiger partial charge >= 0.3 is 0 Å². The van der Waals surface area contributed by atoms with Crippen molar-refractivity contribution in [3.63, 3.8) is 0 Å². The fourth-order valence-corrected chi connectivity index (χ4v) is 2.40. The van der Waals surface area contributed by atoms with Crippen molar-refractivity contribution < 1.29 is 4.39 Å². The van der Waals surface area contributed by atoms with E-state index in [0.717, 1.165) is 4.47 Å². The van der Waals surface area contributed by atoms with Gasteiger partial charge in [0.15, 0.2) is 5.82 Å². The van der Waals surface area contributed by atoms with Crippen LogP contribution in [-0.2, 0) is 0 Å². The van der Waals surface area contributed by atoms with E-state index in [1.165, 1.54) is 6.07 Å². The molecule has 0 fully saturated rings. The Morgan fingerprint density at radius 3 is 2.27 bits per heavy atom. The maximum atomic E-state index is 12.9. The van der Waals surface area contributed by atoms with Crippen molar-refractivity contribution in [2.75, 3.05) is 0 Å². The molecule has 1 aromatic rings. The first kappa shape index (κ1) is 9.96. The van der Waals surface area contributed by atoms with Gasteiger partial charge in [-0.15, -0.1) is 0 Å². The highest BCUT2D eigenvalue weighted by Gasteiger charge is 2.11. The van der Waals surface area contributed by atoms with E-state index in [1.807, 2.05) is 0 Å². The molecule has 5 heteroatoms. The Morgan fingerprint density at radius 1 is 1.18 bits per heavy atom. The summed E-state index contributed by atoms with van der Waals surface area (Å²) in [7, 11) is 0. The Hall–Kier alpha value is 0.880. The first-order valence-corrected chi connectivity index (χ1v) is 5.28. The smallest absolute Gasteiger partial charge is 0.157 e. The number of benzene rings is 1. The molecule has 0 heterocycles. The van der Waals surface area contributed by atoms with E-state index in [1.54, 1.807) is 0 Å². The highest BCUT2D eigenvalue weighted by Crippen LogP contribution is 2.36. The molecule has 0 spiro atoms. The lowest BCUT2D eigenvalue weighted by Crippen LogP contribution is -1.82. The second-order valence-electron chi connectivity index (χ2n) is 1.78. The summed E-state index contributed by atoms with van der Waals surface area (Å²) in [4.78, 5) is 0. The summed E-state index contributed by atoms with van der Waals surface area (Å²) in [6.45, 7) is 0. The molecule has 1 rings (SSSR count). The van der Waals surface area contributed by atoms with E-state index in [4.69, 9.17) is 11.6 Å². The van der Waals surface area contributed by atoms with Gasteiger partial charge in [0.1, 0.15) is 0 Å². The minimum Gasteiger partial charge on any atom is -0.204 e. The molecule has 0 atom stereocenters. The molecule has 0 nitrogen and oxygen atoms in total. The molecule has 0 unspecified atom stereocenters. The normalized spacial score (nSPS) is 10.3. The van der Waals surface area contributed by atoms with Gasteiger partial charge in [0.05, 0.1) is 9.50 Å². The minimum absolute atomic E-state index is 0.0898. The van der Waals surface area contributed by atoms with Gasteiger partial charge in [-0.25, -0.2) is 4.39 Å². The van der Waals surface area contributed by atoms with Crippen LogP contribution in [0, 0.1) is 5.82 Å². The second kappa shape index (κ2) is 3.73. The molecule has 0 aromatic heterocycles. The molecule has 0 bridgehead atoms. The van der Waals surface area contributed by atoms with Gasteiger partial charge in [-0.3, -0.25) is 0 Å². The molecule has 0 N–H and O–H groups in total. The van der Waals surface area contributed by atoms with Crippen molar-refractivity contribution in [3.8, 4) is 0 Å². The Bertz CT molecular complexity index is 274. The summed E-state index contributed by atoms with van der Waals surface area (Å²) in [6, 6.07) is 1.49. The maximum absolute atomic E-state index is 12.9. The fourth-order valence-electron chi connectivity index (χ4n) is 0.544. The molecular weight excluding hydrogens is 366 g/mol. The van der Waals surface area contributed by atoms with Crippen molar-refractivity contribution in [1.82, 2.24) is 0 Å². The third-order valence-electron chi connectivity index (χ3n) is 1.06. The second-order valence-corrected chi connectivity index (χ2v) is 4.63. The summed E-state index contributed by atoms with van der Waals surface area (Å²) >= 11 is 15.0. The van der Waals surface area contributed by atoms with E-state index in [2.05, 4.69) is 47.8 Å². The van der Waals surface area contributed by atoms with Crippen LogP contribution < -0.4 is 0 Å². The molecule has 0 aliphatic rings. The Morgan fingerprint density at radius 2 is 1.73 bits per heavy atom. The van der Waals surface area contributed by atoms with Crippen LogP contribution in [0.25, 0.3) is 0 Å². The Labute approximate surface area is 93.5 Å². The van der Waals surface area contributed by atoms with Gasteiger partial charge in [-0.1, -0.05) is 11.6 Å². The van der Waals surface area contributed by atoms with Gasteiger partial charge in [0.25, 0.3) is 0 Å². The Balaban J connectivity index is 3.46. The molecule has 60 valence electrons. The third-order valence-corrected chi connectivity index (χ3v) is 4.59. The van der Waals surface area contributed by atoms with Gasteiger partial charge in [-0.2, -0.15) is 0 Å². The largest absolute Gasteiger partial charge is 0.204 e.